The monoisotopic (exact) mass is 1950 g/mol. The lowest BCUT2D eigenvalue weighted by Gasteiger charge is -2.16. The molecular formula is C126H182S8. The quantitative estimate of drug-likeness (QED) is 0.0333. The second-order valence-electron chi connectivity index (χ2n) is 41.6. The fourth-order valence-electron chi connectivity index (χ4n) is 23.1. The van der Waals surface area contributed by atoms with Crippen LogP contribution in [-0.4, -0.2) is 0 Å². The highest BCUT2D eigenvalue weighted by molar-refractivity contribution is 7.29. The minimum absolute atomic E-state index is 1.19. The average molecular weight is 1950 g/mol. The van der Waals surface area contributed by atoms with Crippen LogP contribution in [0.25, 0.3) is 125 Å². The second-order valence-corrected chi connectivity index (χ2v) is 49.4. The van der Waals surface area contributed by atoms with Crippen molar-refractivity contribution in [2.75, 3.05) is 0 Å². The molecule has 8 heterocycles. The van der Waals surface area contributed by atoms with Gasteiger partial charge in [-0.05, 0) is 253 Å². The predicted octanol–water partition coefficient (Wildman–Crippen LogP) is 47.1. The summed E-state index contributed by atoms with van der Waals surface area (Å²) in [5.41, 5.74) is 20.3. The maximum atomic E-state index is 2.71. The first-order valence-electron chi connectivity index (χ1n) is 57.3. The first-order valence-corrected chi connectivity index (χ1v) is 64.1. The molecule has 0 saturated heterocycles. The minimum Gasteiger partial charge on any atom is -0.143 e. The molecule has 0 bridgehead atoms. The maximum absolute atomic E-state index is 2.71. The van der Waals surface area contributed by atoms with E-state index in [1.54, 1.807) is 135 Å². The standard InChI is InChI=1S/C126H182S8/c1-11-21-31-41-51-61-71-97-99(73-63-53-43-33-23-13-3)119-109(107-85-87-127-117(97)107)89-95(131-119)83-81-93-91-129-121-101(75-65-55-45-35-25-15-5)103(77-67-57-47-37-27-17-7)123-113(111(93)121)115-116-114-112-94(82-84-96-90-110-108-86-88-128-118(108)98(72-62-52-42-32-22-12-2)100(120(110)132-96)74-64-54-44-34-24-14-4)92-130-122(112)102(76-66-56-46-36-26-16-6)104(78-68-58-48-38-28-18-8)124(114)134-126(116)106(80-70-60-50-40-30-20-10)105(125(115)133-123)79-69-59-49-39-29-19-9/h81-92H,11-80H2,1-10H3/b83-81-,84-82-. The fourth-order valence-corrected chi connectivity index (χ4v) is 32.8. The van der Waals surface area contributed by atoms with E-state index in [4.69, 9.17) is 0 Å². The van der Waals surface area contributed by atoms with Crippen molar-refractivity contribution in [1.82, 2.24) is 0 Å². The van der Waals surface area contributed by atoms with E-state index in [9.17, 15) is 0 Å². The number of aryl methyl sites for hydroxylation is 10. The van der Waals surface area contributed by atoms with E-state index in [1.165, 1.54) is 492 Å². The molecule has 8 heteroatoms. The number of unbranched alkanes of at least 4 members (excludes halogenated alkanes) is 50. The van der Waals surface area contributed by atoms with Gasteiger partial charge < -0.3 is 0 Å². The lowest BCUT2D eigenvalue weighted by atomic mass is 9.87. The molecule has 0 aliphatic carbocycles. The average Bonchev–Trinajstić information content (AvgIpc) is 1.52. The zero-order chi connectivity index (χ0) is 93.3. The van der Waals surface area contributed by atoms with Crippen molar-refractivity contribution in [2.24, 2.45) is 0 Å². The van der Waals surface area contributed by atoms with Crippen LogP contribution >= 0.6 is 90.7 Å². The summed E-state index contributed by atoms with van der Waals surface area (Å²) >= 11 is 17.4. The van der Waals surface area contributed by atoms with Crippen LogP contribution in [0.4, 0.5) is 0 Å². The van der Waals surface area contributed by atoms with Gasteiger partial charge in [0.2, 0.25) is 0 Å². The van der Waals surface area contributed by atoms with Gasteiger partial charge in [0.25, 0.3) is 0 Å². The summed E-state index contributed by atoms with van der Waals surface area (Å²) in [6.45, 7) is 23.9. The first-order chi connectivity index (χ1) is 66.3. The van der Waals surface area contributed by atoms with E-state index < -0.39 is 0 Å². The molecule has 13 rings (SSSR count). The molecule has 0 spiro atoms. The maximum Gasteiger partial charge on any atom is 0.0397 e. The number of thiophene rings is 8. The van der Waals surface area contributed by atoms with Crippen molar-refractivity contribution < 1.29 is 0 Å². The first kappa shape index (κ1) is 107. The summed E-state index contributed by atoms with van der Waals surface area (Å²) in [7, 11) is 0. The van der Waals surface area contributed by atoms with Crippen LogP contribution < -0.4 is 0 Å². The largest absolute Gasteiger partial charge is 0.143 e. The van der Waals surface area contributed by atoms with Gasteiger partial charge in [-0.2, -0.15) is 0 Å². The number of hydrogen-bond donors (Lipinski definition) is 0. The number of benzene rings is 5. The molecule has 0 N–H and O–H groups in total. The van der Waals surface area contributed by atoms with Gasteiger partial charge in [-0.15, -0.1) is 90.7 Å². The van der Waals surface area contributed by atoms with Crippen molar-refractivity contribution in [3.63, 3.8) is 0 Å². The van der Waals surface area contributed by atoms with Gasteiger partial charge in [0, 0.05) is 111 Å². The minimum atomic E-state index is 1.19. The Morgan fingerprint density at radius 1 is 0.172 bits per heavy atom. The van der Waals surface area contributed by atoms with Crippen molar-refractivity contribution in [2.45, 2.75) is 519 Å². The van der Waals surface area contributed by atoms with Gasteiger partial charge in [-0.1, -0.05) is 402 Å². The molecule has 0 atom stereocenters. The molecule has 734 valence electrons. The normalized spacial score (nSPS) is 12.5. The van der Waals surface area contributed by atoms with E-state index in [0.717, 1.165) is 0 Å². The summed E-state index contributed by atoms with van der Waals surface area (Å²) in [5, 5.41) is 26.2. The molecule has 0 unspecified atom stereocenters. The van der Waals surface area contributed by atoms with E-state index in [1.807, 2.05) is 22.7 Å². The molecule has 0 radical (unpaired) electrons. The molecular weight excluding hydrogens is 1770 g/mol. The Hall–Kier alpha value is -4.22. The second kappa shape index (κ2) is 59.6. The summed E-state index contributed by atoms with van der Waals surface area (Å²) in [6, 6.07) is 10.4. The lowest BCUT2D eigenvalue weighted by Crippen LogP contribution is -1.99. The van der Waals surface area contributed by atoms with Crippen LogP contribution in [0.3, 0.4) is 0 Å². The Kier molecular flexibility index (Phi) is 47.6. The van der Waals surface area contributed by atoms with Crippen molar-refractivity contribution >= 4 is 216 Å². The summed E-state index contributed by atoms with van der Waals surface area (Å²) in [4.78, 5) is 2.87. The van der Waals surface area contributed by atoms with Crippen molar-refractivity contribution in [1.29, 1.82) is 0 Å². The molecule has 0 fully saturated rings. The van der Waals surface area contributed by atoms with Crippen LogP contribution in [0.2, 0.25) is 0 Å². The van der Waals surface area contributed by atoms with Gasteiger partial charge in [-0.25, -0.2) is 0 Å². The highest BCUT2D eigenvalue weighted by atomic mass is 32.1. The van der Waals surface area contributed by atoms with Crippen LogP contribution in [0, 0.1) is 0 Å². The lowest BCUT2D eigenvalue weighted by molar-refractivity contribution is 0.601. The van der Waals surface area contributed by atoms with E-state index in [2.05, 4.69) is 207 Å². The molecule has 0 nitrogen and oxygen atoms in total. The van der Waals surface area contributed by atoms with Gasteiger partial charge in [0.15, 0.2) is 0 Å². The third-order valence-electron chi connectivity index (χ3n) is 30.8. The molecule has 0 amide bonds. The topological polar surface area (TPSA) is 0 Å². The number of fused-ring (bicyclic) bond motifs is 17. The van der Waals surface area contributed by atoms with Crippen molar-refractivity contribution in [3.8, 4) is 0 Å². The van der Waals surface area contributed by atoms with Crippen LogP contribution in [0.5, 0.6) is 0 Å². The fraction of sp³-hybridized carbons (Fsp3) is 0.635. The van der Waals surface area contributed by atoms with Gasteiger partial charge >= 0.3 is 0 Å². The Labute approximate surface area is 849 Å². The van der Waals surface area contributed by atoms with Crippen LogP contribution in [0.1, 0.15) is 531 Å². The summed E-state index contributed by atoms with van der Waals surface area (Å²) in [5.74, 6) is 0. The third kappa shape index (κ3) is 28.6. The molecule has 0 aliphatic rings. The van der Waals surface area contributed by atoms with Gasteiger partial charge in [-0.3, -0.25) is 0 Å². The molecule has 0 saturated carbocycles. The Morgan fingerprint density at radius 2 is 0.366 bits per heavy atom. The van der Waals surface area contributed by atoms with E-state index >= 15 is 0 Å². The highest BCUT2D eigenvalue weighted by Gasteiger charge is 2.32. The predicted molar refractivity (Wildman–Crippen MR) is 626 cm³/mol. The van der Waals surface area contributed by atoms with Crippen LogP contribution in [-0.2, 0) is 64.2 Å². The van der Waals surface area contributed by atoms with E-state index in [0.29, 0.717) is 0 Å². The van der Waals surface area contributed by atoms with Crippen molar-refractivity contribution in [3.05, 3.63) is 122 Å². The molecule has 134 heavy (non-hydrogen) atoms. The zero-order valence-corrected chi connectivity index (χ0v) is 93.2. The Morgan fingerprint density at radius 3 is 0.597 bits per heavy atom. The zero-order valence-electron chi connectivity index (χ0n) is 86.7. The smallest absolute Gasteiger partial charge is 0.0397 e. The summed E-state index contributed by atoms with van der Waals surface area (Å²) < 4.78 is 16.4. The molecule has 5 aromatic carbocycles. The van der Waals surface area contributed by atoms with Crippen LogP contribution in [0.15, 0.2) is 45.8 Å². The third-order valence-corrected chi connectivity index (χ3v) is 39.8. The van der Waals surface area contributed by atoms with E-state index in [-0.39, 0.29) is 0 Å². The highest BCUT2D eigenvalue weighted by Crippen LogP contribution is 2.58. The number of hydrogen-bond acceptors (Lipinski definition) is 8. The SMILES string of the molecule is CCCCCCCCc1c(CCCCCCCC)c2sc(/C=C\c3csc4c(CCCCCCCC)c(CCCCCCCC)c5sc6c(CCCCCCCC)c(CCCCCCCC)c7sc8c(CCCCCCCC)c(CCCCCCCC)c9scc(/C=C\c%10cc%11c(s%10)c(CCCCCCCC)c(CCCCCCCC)c%10sccc%10%11)c9c8c7c6c5c34)cc2c2ccsc12. The number of rotatable bonds is 74. The summed E-state index contributed by atoms with van der Waals surface area (Å²) in [6.07, 6.45) is 103. The molecule has 0 aliphatic heterocycles. The molecule has 8 aromatic heterocycles. The molecule has 13 aromatic rings. The van der Waals surface area contributed by atoms with Gasteiger partial charge in [0.1, 0.15) is 0 Å². The Bertz CT molecular complexity index is 5320. The van der Waals surface area contributed by atoms with Gasteiger partial charge in [0.05, 0.1) is 0 Å². The Balaban J connectivity index is 1.11.